The van der Waals surface area contributed by atoms with Gasteiger partial charge in [-0.05, 0) is 52.9 Å². The van der Waals surface area contributed by atoms with Crippen LogP contribution in [0.15, 0.2) is 55.0 Å². The largest absolute Gasteiger partial charge is 0.453 e. The number of rotatable bonds is 5. The number of ether oxygens (including phenoxy) is 1. The fourth-order valence-corrected chi connectivity index (χ4v) is 4.49. The van der Waals surface area contributed by atoms with E-state index in [2.05, 4.69) is 46.2 Å². The number of imidazole rings is 1. The predicted octanol–water partition coefficient (Wildman–Crippen LogP) is 1.82. The highest BCUT2D eigenvalue weighted by molar-refractivity contribution is 6.30. The zero-order chi connectivity index (χ0) is 29.8. The van der Waals surface area contributed by atoms with Crippen molar-refractivity contribution < 1.29 is 29.3 Å². The number of tetrazole rings is 1. The summed E-state index contributed by atoms with van der Waals surface area (Å²) in [6, 6.07) is 8.44. The van der Waals surface area contributed by atoms with Crippen LogP contribution in [-0.4, -0.2) is 77.6 Å². The Labute approximate surface area is 242 Å². The van der Waals surface area contributed by atoms with Crippen molar-refractivity contribution in [2.75, 3.05) is 17.7 Å². The summed E-state index contributed by atoms with van der Waals surface area (Å²) in [6.45, 7) is 0. The second-order valence-electron chi connectivity index (χ2n) is 9.14. The highest BCUT2D eigenvalue weighted by Gasteiger charge is 2.33. The molecule has 0 aliphatic carbocycles. The molecule has 1 aliphatic rings. The SMILES string of the molecule is COC(=O)Nc1ccc2c(c1)NC(=O)CC(O)[C@H](O)C(NC(=O)/C=C/c1cc(Cl)ccc1-n1cnnn1)c1nc-2c[nH]1. The maximum atomic E-state index is 13.0. The van der Waals surface area contributed by atoms with Gasteiger partial charge in [-0.1, -0.05) is 11.6 Å². The van der Waals surface area contributed by atoms with Crippen LogP contribution in [0.1, 0.15) is 23.9 Å². The molecule has 2 unspecified atom stereocenters. The first-order valence-corrected chi connectivity index (χ1v) is 12.8. The molecule has 15 nitrogen and oxygen atoms in total. The van der Waals surface area contributed by atoms with Crippen LogP contribution in [0.2, 0.25) is 5.02 Å². The number of aliphatic hydroxyl groups is 2. The standard InChI is InChI=1S/C26H24ClN9O6/c1-42-26(41)30-15-4-5-16-17(9-15)31-22(39)10-20(37)24(40)23(25-28-11-18(16)32-25)33-21(38)7-2-13-8-14(27)3-6-19(13)36-12-29-34-35-36/h2-9,11-12,20,23-24,37,40H,10H2,1H3,(H,28,32)(H,30,41)(H,31,39)(H,33,38)/b7-2+/t20?,23?,24-/m0/s1. The molecule has 3 atom stereocenters. The molecule has 0 fully saturated rings. The van der Waals surface area contributed by atoms with Gasteiger partial charge in [0.2, 0.25) is 11.8 Å². The lowest BCUT2D eigenvalue weighted by atomic mass is 10.0. The van der Waals surface area contributed by atoms with Crippen molar-refractivity contribution in [2.45, 2.75) is 24.7 Å². The van der Waals surface area contributed by atoms with E-state index in [0.29, 0.717) is 38.9 Å². The summed E-state index contributed by atoms with van der Waals surface area (Å²) in [6.07, 6.45) is 1.22. The van der Waals surface area contributed by atoms with E-state index < -0.39 is 42.6 Å². The molecule has 2 aromatic carbocycles. The molecule has 2 aromatic heterocycles. The second-order valence-corrected chi connectivity index (χ2v) is 9.57. The highest BCUT2D eigenvalue weighted by Crippen LogP contribution is 2.32. The average Bonchev–Trinajstić information content (AvgIpc) is 3.67. The number of hydrogen-bond donors (Lipinski definition) is 6. The molecule has 0 saturated heterocycles. The number of carbonyl (C=O) groups excluding carboxylic acids is 3. The summed E-state index contributed by atoms with van der Waals surface area (Å²) in [5, 5.41) is 41.1. The quantitative estimate of drug-likeness (QED) is 0.185. The number of aromatic amines is 1. The lowest BCUT2D eigenvalue weighted by molar-refractivity contribution is -0.121. The van der Waals surface area contributed by atoms with Crippen molar-refractivity contribution in [3.05, 3.63) is 71.4 Å². The second kappa shape index (κ2) is 12.2. The molecule has 4 aromatic rings. The fraction of sp³-hybridized carbons (Fsp3) is 0.192. The Morgan fingerprint density at radius 1 is 1.21 bits per heavy atom. The Morgan fingerprint density at radius 3 is 2.81 bits per heavy atom. The van der Waals surface area contributed by atoms with Gasteiger partial charge in [-0.25, -0.2) is 9.78 Å². The number of nitrogens with one attached hydrogen (secondary N) is 4. The summed E-state index contributed by atoms with van der Waals surface area (Å²) < 4.78 is 6.01. The molecule has 0 spiro atoms. The Kier molecular flexibility index (Phi) is 8.24. The van der Waals surface area contributed by atoms with Crippen molar-refractivity contribution in [1.82, 2.24) is 35.5 Å². The summed E-state index contributed by atoms with van der Waals surface area (Å²) >= 11 is 6.15. The van der Waals surface area contributed by atoms with Crippen molar-refractivity contribution in [3.8, 4) is 16.9 Å². The molecule has 2 bridgehead atoms. The number of H-pyrrole nitrogens is 1. The number of methoxy groups -OCH3 is 1. The molecular formula is C26H24ClN9O6. The first-order chi connectivity index (χ1) is 20.2. The number of halogens is 1. The lowest BCUT2D eigenvalue weighted by Crippen LogP contribution is -2.43. The van der Waals surface area contributed by atoms with Gasteiger partial charge in [0, 0.05) is 34.1 Å². The Morgan fingerprint density at radius 2 is 2.05 bits per heavy atom. The van der Waals surface area contributed by atoms with Crippen molar-refractivity contribution >= 4 is 47.0 Å². The summed E-state index contributed by atoms with van der Waals surface area (Å²) in [4.78, 5) is 44.9. The van der Waals surface area contributed by atoms with Crippen LogP contribution in [-0.2, 0) is 14.3 Å². The molecule has 216 valence electrons. The van der Waals surface area contributed by atoms with Gasteiger partial charge in [0.25, 0.3) is 0 Å². The number of fused-ring (bicyclic) bond motifs is 4. The molecule has 3 heterocycles. The highest BCUT2D eigenvalue weighted by atomic mass is 35.5. The third-order valence-corrected chi connectivity index (χ3v) is 6.56. The number of hydrogen-bond acceptors (Lipinski definition) is 10. The van der Waals surface area contributed by atoms with Crippen LogP contribution in [0.5, 0.6) is 0 Å². The zero-order valence-corrected chi connectivity index (χ0v) is 22.6. The van der Waals surface area contributed by atoms with Gasteiger partial charge in [0.1, 0.15) is 24.3 Å². The van der Waals surface area contributed by atoms with Crippen molar-refractivity contribution in [2.24, 2.45) is 0 Å². The van der Waals surface area contributed by atoms with E-state index in [9.17, 15) is 24.6 Å². The van der Waals surface area contributed by atoms with Crippen LogP contribution in [0.25, 0.3) is 23.0 Å². The maximum Gasteiger partial charge on any atom is 0.411 e. The number of amides is 3. The molecule has 1 aliphatic heterocycles. The molecule has 5 rings (SSSR count). The van der Waals surface area contributed by atoms with Crippen LogP contribution in [0.3, 0.4) is 0 Å². The van der Waals surface area contributed by atoms with Gasteiger partial charge in [-0.2, -0.15) is 4.68 Å². The van der Waals surface area contributed by atoms with Crippen LogP contribution < -0.4 is 16.0 Å². The number of nitrogens with zero attached hydrogens (tertiary/aromatic N) is 5. The summed E-state index contributed by atoms with van der Waals surface area (Å²) in [5.74, 6) is -1.12. The number of aliphatic hydroxyl groups excluding tert-OH is 2. The van der Waals surface area contributed by atoms with Gasteiger partial charge >= 0.3 is 6.09 Å². The monoisotopic (exact) mass is 593 g/mol. The normalized spacial score (nSPS) is 18.5. The maximum absolute atomic E-state index is 13.0. The van der Waals surface area contributed by atoms with Crippen LogP contribution >= 0.6 is 11.6 Å². The zero-order valence-electron chi connectivity index (χ0n) is 21.9. The first-order valence-electron chi connectivity index (χ1n) is 12.4. The minimum Gasteiger partial charge on any atom is -0.453 e. The van der Waals surface area contributed by atoms with E-state index in [1.54, 1.807) is 30.3 Å². The minimum atomic E-state index is -1.62. The van der Waals surface area contributed by atoms with Crippen molar-refractivity contribution in [3.63, 3.8) is 0 Å². The predicted molar refractivity (Wildman–Crippen MR) is 149 cm³/mol. The van der Waals surface area contributed by atoms with Crippen LogP contribution in [0.4, 0.5) is 16.2 Å². The van der Waals surface area contributed by atoms with Gasteiger partial charge < -0.3 is 30.6 Å². The third-order valence-electron chi connectivity index (χ3n) is 6.32. The molecule has 42 heavy (non-hydrogen) atoms. The minimum absolute atomic E-state index is 0.132. The molecule has 0 saturated carbocycles. The topological polar surface area (TPSA) is 209 Å². The Bertz CT molecular complexity index is 1660. The van der Waals surface area contributed by atoms with Crippen LogP contribution in [0, 0.1) is 0 Å². The first kappa shape index (κ1) is 28.4. The molecule has 0 radical (unpaired) electrons. The molecular weight excluding hydrogens is 570 g/mol. The smallest absolute Gasteiger partial charge is 0.411 e. The summed E-state index contributed by atoms with van der Waals surface area (Å²) in [7, 11) is 1.22. The van der Waals surface area contributed by atoms with E-state index in [0.717, 1.165) is 0 Å². The number of anilines is 2. The number of aromatic nitrogens is 6. The Balaban J connectivity index is 1.43. The van der Waals surface area contributed by atoms with Gasteiger partial charge in [0.05, 0.1) is 36.7 Å². The van der Waals surface area contributed by atoms with E-state index >= 15 is 0 Å². The van der Waals surface area contributed by atoms with E-state index in [-0.39, 0.29) is 5.82 Å². The van der Waals surface area contributed by atoms with Crippen molar-refractivity contribution in [1.29, 1.82) is 0 Å². The lowest BCUT2D eigenvalue weighted by Gasteiger charge is -2.25. The average molecular weight is 594 g/mol. The molecule has 16 heteroatoms. The third kappa shape index (κ3) is 6.27. The van der Waals surface area contributed by atoms with E-state index in [1.165, 1.54) is 42.5 Å². The molecule has 3 amide bonds. The van der Waals surface area contributed by atoms with E-state index in [4.69, 9.17) is 11.6 Å². The van der Waals surface area contributed by atoms with Gasteiger partial charge in [-0.15, -0.1) is 5.10 Å². The molecule has 6 N–H and O–H groups in total. The number of benzene rings is 2. The van der Waals surface area contributed by atoms with Gasteiger partial charge in [-0.3, -0.25) is 14.9 Å². The fourth-order valence-electron chi connectivity index (χ4n) is 4.31. The summed E-state index contributed by atoms with van der Waals surface area (Å²) in [5.41, 5.74) is 2.57. The van der Waals surface area contributed by atoms with E-state index in [1.807, 2.05) is 0 Å². The Hall–Kier alpha value is -5.12. The number of carbonyl (C=O) groups is 3. The van der Waals surface area contributed by atoms with Gasteiger partial charge in [0.15, 0.2) is 0 Å².